The minimum atomic E-state index is -4.85. The van der Waals surface area contributed by atoms with Crippen LogP contribution in [-0.2, 0) is 18.8 Å². The van der Waals surface area contributed by atoms with Crippen molar-refractivity contribution in [2.75, 3.05) is 5.32 Å². The zero-order valence-electron chi connectivity index (χ0n) is 19.2. The van der Waals surface area contributed by atoms with Crippen LogP contribution in [-0.4, -0.2) is 41.9 Å². The van der Waals surface area contributed by atoms with Gasteiger partial charge in [-0.05, 0) is 30.9 Å². The highest BCUT2D eigenvalue weighted by Gasteiger charge is 2.61. The molecule has 0 unspecified atom stereocenters. The summed E-state index contributed by atoms with van der Waals surface area (Å²) >= 11 is 0. The fourth-order valence-corrected chi connectivity index (χ4v) is 5.18. The molecule has 3 atom stereocenters. The number of rotatable bonds is 3. The Morgan fingerprint density at radius 3 is 2.69 bits per heavy atom. The van der Waals surface area contributed by atoms with E-state index in [0.29, 0.717) is 30.7 Å². The molecule has 1 aliphatic heterocycles. The fraction of sp³-hybridized carbons (Fsp3) is 0.500. The quantitative estimate of drug-likeness (QED) is 0.533. The molecule has 1 N–H and O–H groups in total. The molecule has 2 fully saturated rings. The summed E-state index contributed by atoms with van der Waals surface area (Å²) in [7, 11) is 1.50. The van der Waals surface area contributed by atoms with Crippen LogP contribution in [0.5, 0.6) is 0 Å². The smallest absolute Gasteiger partial charge is 0.417 e. The summed E-state index contributed by atoms with van der Waals surface area (Å²) in [6, 6.07) is 0.468. The topological polar surface area (TPSA) is 102 Å². The number of fused-ring (bicyclic) bond motifs is 2. The Morgan fingerprint density at radius 2 is 2.06 bits per heavy atom. The van der Waals surface area contributed by atoms with Crippen molar-refractivity contribution < 1.29 is 26.8 Å². The van der Waals surface area contributed by atoms with Crippen molar-refractivity contribution in [3.8, 4) is 11.4 Å². The fourth-order valence-electron chi connectivity index (χ4n) is 5.18. The van der Waals surface area contributed by atoms with Gasteiger partial charge in [-0.15, -0.1) is 10.2 Å². The van der Waals surface area contributed by atoms with Crippen molar-refractivity contribution in [3.63, 3.8) is 0 Å². The number of carbonyl (C=O) groups excluding carboxylic acids is 1. The SMILES string of the molecule is Cc1nnc([C@@]23CCC[C@H](C)[C@@H](C2)N3C(=O)Nc2cc(-c3ncn(C)n3)c(C(F)(F)F)cc2F)o1. The first-order chi connectivity index (χ1) is 16.5. The highest BCUT2D eigenvalue weighted by Crippen LogP contribution is 2.54. The molecule has 9 nitrogen and oxygen atoms in total. The molecule has 3 heterocycles. The molecule has 2 amide bonds. The van der Waals surface area contributed by atoms with Crippen LogP contribution in [0.4, 0.5) is 28.0 Å². The first-order valence-corrected chi connectivity index (χ1v) is 11.2. The van der Waals surface area contributed by atoms with Crippen LogP contribution in [0.1, 0.15) is 50.0 Å². The molecule has 0 spiro atoms. The summed E-state index contributed by atoms with van der Waals surface area (Å²) in [6.45, 7) is 3.68. The maximum atomic E-state index is 14.9. The number of nitrogens with one attached hydrogen (secondary N) is 1. The summed E-state index contributed by atoms with van der Waals surface area (Å²) in [5, 5.41) is 14.4. The van der Waals surface area contributed by atoms with E-state index < -0.39 is 40.4 Å². The Kier molecular flexibility index (Phi) is 5.33. The maximum Gasteiger partial charge on any atom is 0.417 e. The molecule has 3 aromatic rings. The van der Waals surface area contributed by atoms with Crippen LogP contribution < -0.4 is 5.32 Å². The average Bonchev–Trinajstić information content (AvgIpc) is 3.31. The van der Waals surface area contributed by atoms with Crippen molar-refractivity contribution in [1.82, 2.24) is 29.9 Å². The molecular formula is C22H23F4N7O2. The van der Waals surface area contributed by atoms with Crippen LogP contribution in [0.15, 0.2) is 22.9 Å². The lowest BCUT2D eigenvalue weighted by Crippen LogP contribution is -2.67. The standard InChI is InChI=1S/C22H23F4N7O2/c1-11-5-4-6-21(19-30-29-12(2)35-19)9-17(11)33(21)20(34)28-16-7-13(18-27-10-32(3)31-18)14(8-15(16)23)22(24,25)26/h7-8,10-11,17H,4-6,9H2,1-3H3,(H,28,34)/t11-,17+,21+/m0/s1. The summed E-state index contributed by atoms with van der Waals surface area (Å²) in [4.78, 5) is 18.9. The van der Waals surface area contributed by atoms with Crippen LogP contribution in [0.3, 0.4) is 0 Å². The molecule has 1 aliphatic carbocycles. The van der Waals surface area contributed by atoms with E-state index in [1.807, 2.05) is 6.92 Å². The number of nitrogens with zero attached hydrogens (tertiary/aromatic N) is 6. The van der Waals surface area contributed by atoms with Crippen LogP contribution in [0.2, 0.25) is 0 Å². The first kappa shape index (κ1) is 23.2. The summed E-state index contributed by atoms with van der Waals surface area (Å²) in [5.41, 5.74) is -2.91. The second kappa shape index (κ2) is 8.02. The molecule has 5 rings (SSSR count). The number of carbonyl (C=O) groups is 1. The van der Waals surface area contributed by atoms with E-state index in [9.17, 15) is 22.4 Å². The number of likely N-dealkylation sites (tertiary alicyclic amines) is 1. The number of halogens is 4. The second-order valence-corrected chi connectivity index (χ2v) is 9.22. The monoisotopic (exact) mass is 493 g/mol. The third kappa shape index (κ3) is 3.82. The minimum absolute atomic E-state index is 0.154. The van der Waals surface area contributed by atoms with Crippen LogP contribution in [0.25, 0.3) is 11.4 Å². The molecule has 13 heteroatoms. The first-order valence-electron chi connectivity index (χ1n) is 11.2. The summed E-state index contributed by atoms with van der Waals surface area (Å²) in [6.07, 6.45) is -0.706. The van der Waals surface area contributed by atoms with Gasteiger partial charge in [0.15, 0.2) is 5.82 Å². The molecule has 2 aliphatic rings. The third-order valence-corrected chi connectivity index (χ3v) is 6.88. The van der Waals surface area contributed by atoms with E-state index in [0.717, 1.165) is 18.9 Å². The van der Waals surface area contributed by atoms with E-state index in [2.05, 4.69) is 25.6 Å². The predicted molar refractivity (Wildman–Crippen MR) is 114 cm³/mol. The lowest BCUT2D eigenvalue weighted by Gasteiger charge is -2.56. The van der Waals surface area contributed by atoms with Crippen LogP contribution >= 0.6 is 0 Å². The van der Waals surface area contributed by atoms with Gasteiger partial charge in [0.1, 0.15) is 17.7 Å². The molecule has 35 heavy (non-hydrogen) atoms. The maximum absolute atomic E-state index is 14.9. The number of hydrogen-bond acceptors (Lipinski definition) is 6. The Labute approximate surface area is 197 Å². The molecule has 186 valence electrons. The van der Waals surface area contributed by atoms with Gasteiger partial charge in [0.2, 0.25) is 11.8 Å². The number of alkyl halides is 3. The average molecular weight is 493 g/mol. The van der Waals surface area contributed by atoms with Crippen molar-refractivity contribution in [2.24, 2.45) is 13.0 Å². The number of urea groups is 1. The zero-order chi connectivity index (χ0) is 25.1. The largest absolute Gasteiger partial charge is 0.423 e. The Hall–Kier alpha value is -3.51. The van der Waals surface area contributed by atoms with E-state index in [-0.39, 0.29) is 17.8 Å². The number of amides is 2. The third-order valence-electron chi connectivity index (χ3n) is 6.88. The van der Waals surface area contributed by atoms with Crippen molar-refractivity contribution in [3.05, 3.63) is 41.6 Å². The van der Waals surface area contributed by atoms with Crippen molar-refractivity contribution in [1.29, 1.82) is 0 Å². The molecule has 2 bridgehead atoms. The van der Waals surface area contributed by atoms with Crippen molar-refractivity contribution in [2.45, 2.75) is 57.3 Å². The van der Waals surface area contributed by atoms with Gasteiger partial charge in [0, 0.05) is 32.0 Å². The van der Waals surface area contributed by atoms with Gasteiger partial charge in [0.25, 0.3) is 0 Å². The van der Waals surface area contributed by atoms with E-state index in [1.54, 1.807) is 11.8 Å². The minimum Gasteiger partial charge on any atom is -0.423 e. The Bertz CT molecular complexity index is 1290. The molecule has 1 aromatic carbocycles. The molecule has 1 saturated carbocycles. The zero-order valence-corrected chi connectivity index (χ0v) is 19.2. The highest BCUT2D eigenvalue weighted by molar-refractivity contribution is 5.92. The number of hydrogen-bond donors (Lipinski definition) is 1. The van der Waals surface area contributed by atoms with E-state index >= 15 is 0 Å². The number of benzene rings is 1. The normalized spacial score (nSPS) is 24.1. The van der Waals surface area contributed by atoms with Gasteiger partial charge in [-0.3, -0.25) is 4.68 Å². The van der Waals surface area contributed by atoms with Gasteiger partial charge >= 0.3 is 12.2 Å². The Balaban J connectivity index is 1.52. The Morgan fingerprint density at radius 1 is 1.29 bits per heavy atom. The predicted octanol–water partition coefficient (Wildman–Crippen LogP) is 4.65. The van der Waals surface area contributed by atoms with Gasteiger partial charge in [-0.2, -0.15) is 18.3 Å². The van der Waals surface area contributed by atoms with Gasteiger partial charge in [0.05, 0.1) is 11.3 Å². The molecule has 2 aromatic heterocycles. The summed E-state index contributed by atoms with van der Waals surface area (Å²) < 4.78 is 62.7. The number of aryl methyl sites for hydroxylation is 2. The lowest BCUT2D eigenvalue weighted by atomic mass is 9.74. The molecule has 0 radical (unpaired) electrons. The number of anilines is 1. The second-order valence-electron chi connectivity index (χ2n) is 9.22. The van der Waals surface area contributed by atoms with Gasteiger partial charge in [-0.1, -0.05) is 13.3 Å². The molecular weight excluding hydrogens is 470 g/mol. The van der Waals surface area contributed by atoms with Crippen LogP contribution in [0, 0.1) is 18.7 Å². The van der Waals surface area contributed by atoms with Crippen molar-refractivity contribution >= 4 is 11.7 Å². The van der Waals surface area contributed by atoms with Gasteiger partial charge in [-0.25, -0.2) is 14.2 Å². The van der Waals surface area contributed by atoms with E-state index in [1.165, 1.54) is 18.1 Å². The lowest BCUT2D eigenvalue weighted by molar-refractivity contribution is -0.137. The highest BCUT2D eigenvalue weighted by atomic mass is 19.4. The summed E-state index contributed by atoms with van der Waals surface area (Å²) in [5.74, 6) is -0.617. The molecule has 1 saturated heterocycles. The van der Waals surface area contributed by atoms with Gasteiger partial charge < -0.3 is 14.6 Å². The number of aromatic nitrogens is 5. The van der Waals surface area contributed by atoms with E-state index in [4.69, 9.17) is 4.42 Å².